The Hall–Kier alpha value is -2.05. The van der Waals surface area contributed by atoms with Crippen LogP contribution in [-0.2, 0) is 6.18 Å². The highest BCUT2D eigenvalue weighted by Crippen LogP contribution is 2.32. The lowest BCUT2D eigenvalue weighted by Crippen LogP contribution is -2.30. The summed E-state index contributed by atoms with van der Waals surface area (Å²) in [6.07, 6.45) is -1.56. The zero-order valence-electron chi connectivity index (χ0n) is 10.5. The molecule has 106 valence electrons. The Morgan fingerprint density at radius 1 is 1.20 bits per heavy atom. The van der Waals surface area contributed by atoms with E-state index >= 15 is 0 Å². The van der Waals surface area contributed by atoms with Gasteiger partial charge in [0.1, 0.15) is 11.3 Å². The van der Waals surface area contributed by atoms with Crippen molar-refractivity contribution in [2.75, 3.05) is 13.1 Å². The first kappa shape index (κ1) is 13.0. The van der Waals surface area contributed by atoms with Gasteiger partial charge in [0.15, 0.2) is 5.69 Å². The fourth-order valence-electron chi connectivity index (χ4n) is 2.47. The lowest BCUT2D eigenvalue weighted by atomic mass is 10.2. The molecule has 4 nitrogen and oxygen atoms in total. The van der Waals surface area contributed by atoms with E-state index in [0.717, 1.165) is 12.8 Å². The molecule has 2 aromatic rings. The number of alkyl halides is 3. The van der Waals surface area contributed by atoms with Gasteiger partial charge in [-0.15, -0.1) is 0 Å². The predicted molar refractivity (Wildman–Crippen MR) is 65.3 cm³/mol. The van der Waals surface area contributed by atoms with Crippen molar-refractivity contribution in [3.63, 3.8) is 0 Å². The standard InChI is InChI=1S/C13H12F3N3O/c14-13(15,16)11-10(12(20)18-6-3-4-7-18)19-8-2-1-5-9(19)17-11/h1-2,5,8H,3-4,6-7H2. The third-order valence-corrected chi connectivity index (χ3v) is 3.39. The number of aromatic nitrogens is 2. The summed E-state index contributed by atoms with van der Waals surface area (Å²) in [5.74, 6) is -0.603. The molecular formula is C13H12F3N3O. The van der Waals surface area contributed by atoms with Crippen LogP contribution in [0, 0.1) is 0 Å². The topological polar surface area (TPSA) is 37.6 Å². The summed E-state index contributed by atoms with van der Waals surface area (Å²) in [6, 6.07) is 4.62. The van der Waals surface area contributed by atoms with Gasteiger partial charge in [-0.05, 0) is 25.0 Å². The molecule has 0 spiro atoms. The van der Waals surface area contributed by atoms with Crippen LogP contribution in [0.2, 0.25) is 0 Å². The van der Waals surface area contributed by atoms with E-state index in [1.54, 1.807) is 12.1 Å². The Morgan fingerprint density at radius 2 is 1.90 bits per heavy atom. The lowest BCUT2D eigenvalue weighted by Gasteiger charge is -2.16. The minimum atomic E-state index is -4.64. The second-order valence-corrected chi connectivity index (χ2v) is 4.73. The number of rotatable bonds is 1. The summed E-state index contributed by atoms with van der Waals surface area (Å²) in [6.45, 7) is 0.992. The molecule has 0 N–H and O–H groups in total. The molecule has 0 aliphatic carbocycles. The van der Waals surface area contributed by atoms with Gasteiger partial charge >= 0.3 is 6.18 Å². The van der Waals surface area contributed by atoms with Crippen LogP contribution in [0.3, 0.4) is 0 Å². The van der Waals surface area contributed by atoms with Crippen molar-refractivity contribution in [1.82, 2.24) is 14.3 Å². The second kappa shape index (κ2) is 4.50. The smallest absolute Gasteiger partial charge is 0.337 e. The van der Waals surface area contributed by atoms with Crippen molar-refractivity contribution in [2.45, 2.75) is 19.0 Å². The van der Waals surface area contributed by atoms with Gasteiger partial charge in [0.25, 0.3) is 5.91 Å². The summed E-state index contributed by atoms with van der Waals surface area (Å²) in [7, 11) is 0. The molecule has 0 radical (unpaired) electrons. The van der Waals surface area contributed by atoms with Crippen LogP contribution in [0.4, 0.5) is 13.2 Å². The van der Waals surface area contributed by atoms with Gasteiger partial charge in [-0.25, -0.2) is 4.98 Å². The van der Waals surface area contributed by atoms with Crippen LogP contribution in [0.5, 0.6) is 0 Å². The zero-order chi connectivity index (χ0) is 14.3. The van der Waals surface area contributed by atoms with E-state index in [-0.39, 0.29) is 5.65 Å². The van der Waals surface area contributed by atoms with Gasteiger partial charge in [-0.1, -0.05) is 6.07 Å². The SMILES string of the molecule is O=C(c1c(C(F)(F)F)nc2ccccn12)N1CCCC1. The predicted octanol–water partition coefficient (Wildman–Crippen LogP) is 2.59. The number of likely N-dealkylation sites (tertiary alicyclic amines) is 1. The lowest BCUT2D eigenvalue weighted by molar-refractivity contribution is -0.141. The van der Waals surface area contributed by atoms with Crippen molar-refractivity contribution in [3.05, 3.63) is 35.8 Å². The molecule has 0 bridgehead atoms. The van der Waals surface area contributed by atoms with E-state index in [2.05, 4.69) is 4.98 Å². The van der Waals surface area contributed by atoms with Crippen LogP contribution in [-0.4, -0.2) is 33.3 Å². The minimum absolute atomic E-state index is 0.127. The van der Waals surface area contributed by atoms with Gasteiger partial charge in [0.05, 0.1) is 0 Å². The number of nitrogens with zero attached hydrogens (tertiary/aromatic N) is 3. The molecule has 0 aromatic carbocycles. The highest BCUT2D eigenvalue weighted by Gasteiger charge is 2.41. The molecule has 1 aliphatic heterocycles. The van der Waals surface area contributed by atoms with Gasteiger partial charge < -0.3 is 4.90 Å². The molecule has 1 amide bonds. The van der Waals surface area contributed by atoms with Gasteiger partial charge in [-0.3, -0.25) is 9.20 Å². The summed E-state index contributed by atoms with van der Waals surface area (Å²) < 4.78 is 40.5. The molecule has 1 fully saturated rings. The molecule has 20 heavy (non-hydrogen) atoms. The minimum Gasteiger partial charge on any atom is -0.337 e. The number of hydrogen-bond donors (Lipinski definition) is 0. The summed E-state index contributed by atoms with van der Waals surface area (Å²) in [4.78, 5) is 17.4. The van der Waals surface area contributed by atoms with E-state index in [0.29, 0.717) is 13.1 Å². The Morgan fingerprint density at radius 3 is 2.55 bits per heavy atom. The number of halogens is 3. The van der Waals surface area contributed by atoms with Crippen LogP contribution < -0.4 is 0 Å². The maximum absolute atomic E-state index is 13.1. The Balaban J connectivity index is 2.18. The van der Waals surface area contributed by atoms with E-state index in [1.165, 1.54) is 21.6 Å². The maximum Gasteiger partial charge on any atom is 0.435 e. The summed E-state index contributed by atoms with van der Waals surface area (Å²) in [5.41, 5.74) is -1.38. The van der Waals surface area contributed by atoms with Crippen LogP contribution >= 0.6 is 0 Å². The molecule has 0 saturated carbocycles. The number of pyridine rings is 1. The van der Waals surface area contributed by atoms with Crippen molar-refractivity contribution >= 4 is 11.6 Å². The number of amides is 1. The zero-order valence-corrected chi connectivity index (χ0v) is 10.5. The van der Waals surface area contributed by atoms with E-state index < -0.39 is 23.5 Å². The van der Waals surface area contributed by atoms with E-state index in [9.17, 15) is 18.0 Å². The fourth-order valence-corrected chi connectivity index (χ4v) is 2.47. The Bertz CT molecular complexity index is 656. The molecule has 3 heterocycles. The number of carbonyl (C=O) groups is 1. The highest BCUT2D eigenvalue weighted by atomic mass is 19.4. The van der Waals surface area contributed by atoms with Crippen molar-refractivity contribution < 1.29 is 18.0 Å². The number of fused-ring (bicyclic) bond motifs is 1. The van der Waals surface area contributed by atoms with Crippen LogP contribution in [0.15, 0.2) is 24.4 Å². The first-order valence-electron chi connectivity index (χ1n) is 6.32. The third kappa shape index (κ3) is 2.03. The van der Waals surface area contributed by atoms with Gasteiger partial charge in [0, 0.05) is 19.3 Å². The fraction of sp³-hybridized carbons (Fsp3) is 0.385. The largest absolute Gasteiger partial charge is 0.435 e. The average molecular weight is 283 g/mol. The van der Waals surface area contributed by atoms with Crippen molar-refractivity contribution in [2.24, 2.45) is 0 Å². The summed E-state index contributed by atoms with van der Waals surface area (Å²) in [5, 5.41) is 0. The third-order valence-electron chi connectivity index (χ3n) is 3.39. The maximum atomic E-state index is 13.1. The highest BCUT2D eigenvalue weighted by molar-refractivity contribution is 5.95. The average Bonchev–Trinajstić information content (AvgIpc) is 3.04. The van der Waals surface area contributed by atoms with Crippen LogP contribution in [0.1, 0.15) is 29.0 Å². The molecular weight excluding hydrogens is 271 g/mol. The first-order chi connectivity index (χ1) is 9.48. The quantitative estimate of drug-likeness (QED) is 0.806. The van der Waals surface area contributed by atoms with Gasteiger partial charge in [-0.2, -0.15) is 13.2 Å². The van der Waals surface area contributed by atoms with E-state index in [1.807, 2.05) is 0 Å². The summed E-state index contributed by atoms with van der Waals surface area (Å²) >= 11 is 0. The molecule has 3 rings (SSSR count). The van der Waals surface area contributed by atoms with Gasteiger partial charge in [0.2, 0.25) is 0 Å². The normalized spacial score (nSPS) is 16.1. The molecule has 0 unspecified atom stereocenters. The van der Waals surface area contributed by atoms with Crippen molar-refractivity contribution in [1.29, 1.82) is 0 Å². The second-order valence-electron chi connectivity index (χ2n) is 4.73. The first-order valence-corrected chi connectivity index (χ1v) is 6.32. The van der Waals surface area contributed by atoms with E-state index in [4.69, 9.17) is 0 Å². The monoisotopic (exact) mass is 283 g/mol. The molecule has 7 heteroatoms. The molecule has 2 aromatic heterocycles. The molecule has 0 atom stereocenters. The number of hydrogen-bond acceptors (Lipinski definition) is 2. The Labute approximate surface area is 112 Å². The van der Waals surface area contributed by atoms with Crippen LogP contribution in [0.25, 0.3) is 5.65 Å². The van der Waals surface area contributed by atoms with Crippen molar-refractivity contribution in [3.8, 4) is 0 Å². The number of carbonyl (C=O) groups excluding carboxylic acids is 1. The molecule has 1 aliphatic rings. The number of imidazole rings is 1. The molecule has 1 saturated heterocycles. The Kier molecular flexibility index (Phi) is 2.92.